The summed E-state index contributed by atoms with van der Waals surface area (Å²) in [6.07, 6.45) is 0. The molecule has 11 aromatic rings. The van der Waals surface area contributed by atoms with Crippen molar-refractivity contribution in [3.05, 3.63) is 194 Å². The lowest BCUT2D eigenvalue weighted by molar-refractivity contribution is 1.19. The zero-order valence-corrected chi connectivity index (χ0v) is 30.2. The Morgan fingerprint density at radius 3 is 1.67 bits per heavy atom. The topological polar surface area (TPSA) is 25.8 Å². The maximum absolute atomic E-state index is 8.50. The number of benzene rings is 9. The van der Waals surface area contributed by atoms with Crippen molar-refractivity contribution in [1.82, 2.24) is 9.97 Å². The number of hydrogen-bond donors (Lipinski definition) is 0. The first-order chi connectivity index (χ1) is 29.3. The second-order valence-electron chi connectivity index (χ2n) is 13.7. The predicted octanol–water partition coefficient (Wildman–Crippen LogP) is 14.6. The maximum Gasteiger partial charge on any atom is 0.160 e. The van der Waals surface area contributed by atoms with E-state index in [0.717, 1.165) is 50.0 Å². The molecule has 0 aliphatic heterocycles. The van der Waals surface area contributed by atoms with Crippen molar-refractivity contribution in [2.75, 3.05) is 0 Å². The van der Waals surface area contributed by atoms with E-state index in [1.165, 1.54) is 41.7 Å². The van der Waals surface area contributed by atoms with Crippen LogP contribution in [0, 0.1) is 0 Å². The molecule has 0 atom stereocenters. The molecule has 0 N–H and O–H groups in total. The second-order valence-corrected chi connectivity index (χ2v) is 14.8. The SMILES string of the molecule is [2H]c1c([2H])c([2H])c(-c2ccc(-c3nc(-c4ccccc4)cc(-c4cccc5sc6ccc(-c7ccc8c9ccccc9c9ccccc9c8c7)cc6c45)n3)cc2)c([2H])c1[2H]. The van der Waals surface area contributed by atoms with Crippen molar-refractivity contribution in [3.8, 4) is 56.2 Å². The molecule has 256 valence electrons. The Bertz CT molecular complexity index is 3480. The van der Waals surface area contributed by atoms with E-state index < -0.39 is 6.04 Å². The minimum absolute atomic E-state index is 0.160. The number of aromatic nitrogens is 2. The van der Waals surface area contributed by atoms with Gasteiger partial charge >= 0.3 is 0 Å². The van der Waals surface area contributed by atoms with Gasteiger partial charge in [-0.15, -0.1) is 11.3 Å². The summed E-state index contributed by atoms with van der Waals surface area (Å²) in [7, 11) is 0. The molecule has 0 aliphatic rings. The number of thiophene rings is 1. The fourth-order valence-corrected chi connectivity index (χ4v) is 9.07. The van der Waals surface area contributed by atoms with Crippen LogP contribution in [0.4, 0.5) is 0 Å². The molecule has 0 unspecified atom stereocenters. The van der Waals surface area contributed by atoms with Gasteiger partial charge in [-0.3, -0.25) is 0 Å². The van der Waals surface area contributed by atoms with Crippen LogP contribution in [0.1, 0.15) is 6.85 Å². The van der Waals surface area contributed by atoms with Gasteiger partial charge in [0.15, 0.2) is 5.82 Å². The average molecular weight is 722 g/mol. The normalized spacial score (nSPS) is 12.9. The predicted molar refractivity (Wildman–Crippen MR) is 235 cm³/mol. The molecule has 0 bridgehead atoms. The molecule has 0 aliphatic carbocycles. The third-order valence-corrected chi connectivity index (χ3v) is 11.7. The van der Waals surface area contributed by atoms with Crippen molar-refractivity contribution < 1.29 is 6.85 Å². The quantitative estimate of drug-likeness (QED) is 0.165. The molecule has 0 radical (unpaired) electrons. The molecule has 2 heterocycles. The molecule has 2 nitrogen and oxygen atoms in total. The first-order valence-electron chi connectivity index (χ1n) is 20.7. The minimum Gasteiger partial charge on any atom is -0.228 e. The number of hydrogen-bond acceptors (Lipinski definition) is 3. The summed E-state index contributed by atoms with van der Waals surface area (Å²) in [5, 5.41) is 9.80. The van der Waals surface area contributed by atoms with Crippen LogP contribution in [0.3, 0.4) is 0 Å². The third kappa shape index (κ3) is 5.40. The van der Waals surface area contributed by atoms with Gasteiger partial charge in [-0.2, -0.15) is 0 Å². The number of nitrogens with zero attached hydrogens (tertiary/aromatic N) is 2. The molecule has 0 spiro atoms. The van der Waals surface area contributed by atoms with E-state index in [1.807, 2.05) is 42.5 Å². The van der Waals surface area contributed by atoms with Crippen LogP contribution >= 0.6 is 11.3 Å². The molecule has 3 heteroatoms. The lowest BCUT2D eigenvalue weighted by Crippen LogP contribution is -1.96. The van der Waals surface area contributed by atoms with Crippen LogP contribution in [-0.4, -0.2) is 9.97 Å². The molecule has 2 aromatic heterocycles. The fraction of sp³-hybridized carbons (Fsp3) is 0. The minimum atomic E-state index is -0.412. The molecular weight excluding hydrogens is 685 g/mol. The van der Waals surface area contributed by atoms with Gasteiger partial charge in [0.05, 0.1) is 18.2 Å². The molecule has 9 aromatic carbocycles. The first kappa shape index (κ1) is 26.8. The van der Waals surface area contributed by atoms with Crippen molar-refractivity contribution in [2.24, 2.45) is 0 Å². The van der Waals surface area contributed by atoms with Gasteiger partial charge in [0.1, 0.15) is 0 Å². The summed E-state index contributed by atoms with van der Waals surface area (Å²) in [6, 6.07) is 55.1. The molecule has 11 rings (SSSR count). The summed E-state index contributed by atoms with van der Waals surface area (Å²) in [5.74, 6) is 0.520. The summed E-state index contributed by atoms with van der Waals surface area (Å²) in [4.78, 5) is 10.3. The molecule has 0 saturated carbocycles. The van der Waals surface area contributed by atoms with Crippen molar-refractivity contribution in [3.63, 3.8) is 0 Å². The van der Waals surface area contributed by atoms with Crippen LogP contribution in [0.15, 0.2) is 194 Å². The molecule has 0 amide bonds. The zero-order chi connectivity index (χ0) is 40.6. The molecule has 0 saturated heterocycles. The van der Waals surface area contributed by atoms with Crippen LogP contribution < -0.4 is 0 Å². The van der Waals surface area contributed by atoms with E-state index in [2.05, 4.69) is 109 Å². The zero-order valence-electron chi connectivity index (χ0n) is 34.4. The van der Waals surface area contributed by atoms with Crippen LogP contribution in [-0.2, 0) is 0 Å². The van der Waals surface area contributed by atoms with Gasteiger partial charge < -0.3 is 0 Å². The number of rotatable bonds is 5. The Morgan fingerprint density at radius 1 is 0.364 bits per heavy atom. The summed E-state index contributed by atoms with van der Waals surface area (Å²) >= 11 is 1.77. The maximum atomic E-state index is 8.50. The standard InChI is InChI=1S/C52H32N2S/c1-3-12-33(13-4-1)34-22-24-36(25-23-34)52-53-47(35-14-5-2-6-15-35)32-48(54-52)44-20-11-21-50-51(44)46-31-38(27-29-49(46)55-50)37-26-28-43-41-18-8-7-16-39(41)40-17-9-10-19-42(40)45(43)30-37/h1-32H/i1D,3D,4D,12D,13D. The Kier molecular flexibility index (Phi) is 6.27. The Hall–Kier alpha value is -6.94. The Labute approximate surface area is 329 Å². The van der Waals surface area contributed by atoms with Crippen LogP contribution in [0.5, 0.6) is 0 Å². The summed E-state index contributed by atoms with van der Waals surface area (Å²) in [5.41, 5.74) is 7.25. The largest absolute Gasteiger partial charge is 0.228 e. The van der Waals surface area contributed by atoms with E-state index in [9.17, 15) is 0 Å². The average Bonchev–Trinajstić information content (AvgIpc) is 3.69. The van der Waals surface area contributed by atoms with Gasteiger partial charge in [-0.05, 0) is 84.9 Å². The Balaban J connectivity index is 1.07. The smallest absolute Gasteiger partial charge is 0.160 e. The number of fused-ring (bicyclic) bond motifs is 9. The van der Waals surface area contributed by atoms with Crippen LogP contribution in [0.2, 0.25) is 0 Å². The highest BCUT2D eigenvalue weighted by molar-refractivity contribution is 7.26. The van der Waals surface area contributed by atoms with E-state index in [0.29, 0.717) is 11.4 Å². The van der Waals surface area contributed by atoms with Crippen molar-refractivity contribution >= 4 is 63.8 Å². The van der Waals surface area contributed by atoms with E-state index >= 15 is 0 Å². The monoisotopic (exact) mass is 721 g/mol. The van der Waals surface area contributed by atoms with Crippen LogP contribution in [0.25, 0.3) is 109 Å². The van der Waals surface area contributed by atoms with Gasteiger partial charge in [-0.25, -0.2) is 9.97 Å². The lowest BCUT2D eigenvalue weighted by Gasteiger charge is -2.12. The fourth-order valence-electron chi connectivity index (χ4n) is 7.96. The van der Waals surface area contributed by atoms with Crippen molar-refractivity contribution in [1.29, 1.82) is 0 Å². The lowest BCUT2D eigenvalue weighted by atomic mass is 9.92. The molecule has 0 fully saturated rings. The highest BCUT2D eigenvalue weighted by atomic mass is 32.1. The van der Waals surface area contributed by atoms with E-state index in [-0.39, 0.29) is 29.7 Å². The van der Waals surface area contributed by atoms with Crippen molar-refractivity contribution in [2.45, 2.75) is 0 Å². The van der Waals surface area contributed by atoms with E-state index in [4.69, 9.17) is 16.8 Å². The van der Waals surface area contributed by atoms with Gasteiger partial charge in [0, 0.05) is 36.9 Å². The van der Waals surface area contributed by atoms with Gasteiger partial charge in [-0.1, -0.05) is 164 Å². The molecule has 55 heavy (non-hydrogen) atoms. The van der Waals surface area contributed by atoms with Gasteiger partial charge in [0.25, 0.3) is 0 Å². The second kappa shape index (κ2) is 12.9. The van der Waals surface area contributed by atoms with E-state index in [1.54, 1.807) is 23.5 Å². The Morgan fingerprint density at radius 2 is 0.945 bits per heavy atom. The summed E-state index contributed by atoms with van der Waals surface area (Å²) in [6.45, 7) is 0. The van der Waals surface area contributed by atoms with Gasteiger partial charge in [0.2, 0.25) is 0 Å². The third-order valence-electron chi connectivity index (χ3n) is 10.6. The summed E-state index contributed by atoms with van der Waals surface area (Å²) < 4.78 is 43.7. The first-order valence-corrected chi connectivity index (χ1v) is 19.1. The highest BCUT2D eigenvalue weighted by Crippen LogP contribution is 2.43. The molecular formula is C52H32N2S. The highest BCUT2D eigenvalue weighted by Gasteiger charge is 2.17.